The van der Waals surface area contributed by atoms with Gasteiger partial charge in [0.25, 0.3) is 5.69 Å². The summed E-state index contributed by atoms with van der Waals surface area (Å²) in [5.41, 5.74) is 6.53. The fourth-order valence-electron chi connectivity index (χ4n) is 3.71. The Labute approximate surface area is 220 Å². The van der Waals surface area contributed by atoms with Crippen LogP contribution in [0.5, 0.6) is 0 Å². The van der Waals surface area contributed by atoms with Crippen LogP contribution < -0.4 is 16.4 Å². The summed E-state index contributed by atoms with van der Waals surface area (Å²) in [5.74, 6) is -3.72. The molecule has 0 aliphatic carbocycles. The van der Waals surface area contributed by atoms with E-state index in [-0.39, 0.29) is 25.3 Å². The molecule has 2 aromatic carbocycles. The van der Waals surface area contributed by atoms with Crippen LogP contribution >= 0.6 is 0 Å². The lowest BCUT2D eigenvalue weighted by Crippen LogP contribution is -2.56. The number of nitrogens with one attached hydrogen (secondary N) is 2. The van der Waals surface area contributed by atoms with Crippen LogP contribution in [0.25, 0.3) is 0 Å². The molecule has 0 fully saturated rings. The lowest BCUT2D eigenvalue weighted by molar-refractivity contribution is -0.384. The first-order valence-electron chi connectivity index (χ1n) is 12.0. The fraction of sp³-hybridized carbons (Fsp3) is 0.385. The maximum atomic E-state index is 13.2. The Kier molecular flexibility index (Phi) is 11.2. The number of esters is 1. The number of non-ortho nitro benzene ring substituents is 1. The van der Waals surface area contributed by atoms with Crippen LogP contribution in [0.3, 0.4) is 0 Å². The van der Waals surface area contributed by atoms with Crippen molar-refractivity contribution in [3.63, 3.8) is 0 Å². The Morgan fingerprint density at radius 3 is 2.11 bits per heavy atom. The van der Waals surface area contributed by atoms with Crippen molar-refractivity contribution in [2.45, 2.75) is 51.8 Å². The van der Waals surface area contributed by atoms with Crippen LogP contribution in [-0.4, -0.2) is 47.5 Å². The Morgan fingerprint density at radius 2 is 1.58 bits per heavy atom. The summed E-state index contributed by atoms with van der Waals surface area (Å²) >= 11 is 0. The van der Waals surface area contributed by atoms with Gasteiger partial charge in [0.1, 0.15) is 18.7 Å². The lowest BCUT2D eigenvalue weighted by atomic mass is 9.87. The molecule has 0 unspecified atom stereocenters. The highest BCUT2D eigenvalue weighted by Crippen LogP contribution is 2.27. The first kappa shape index (κ1) is 29.7. The number of hydrogen-bond acceptors (Lipinski definition) is 8. The molecule has 12 heteroatoms. The average Bonchev–Trinajstić information content (AvgIpc) is 2.88. The maximum absolute atomic E-state index is 13.2. The van der Waals surface area contributed by atoms with Gasteiger partial charge in [-0.15, -0.1) is 0 Å². The molecule has 3 amide bonds. The molecule has 0 spiro atoms. The van der Waals surface area contributed by atoms with E-state index < -0.39 is 52.7 Å². The van der Waals surface area contributed by atoms with Gasteiger partial charge in [-0.3, -0.25) is 24.5 Å². The summed E-state index contributed by atoms with van der Waals surface area (Å²) in [6.45, 7) is 5.07. The van der Waals surface area contributed by atoms with Crippen LogP contribution in [0.15, 0.2) is 54.6 Å². The van der Waals surface area contributed by atoms with Crippen LogP contribution in [-0.2, 0) is 30.5 Å². The second kappa shape index (κ2) is 14.3. The smallest absolute Gasteiger partial charge is 0.408 e. The lowest BCUT2D eigenvalue weighted by Gasteiger charge is -2.28. The molecule has 4 N–H and O–H groups in total. The van der Waals surface area contributed by atoms with Crippen LogP contribution in [0.4, 0.5) is 10.5 Å². The minimum Gasteiger partial charge on any atom is -0.466 e. The number of nitro benzene ring substituents is 1. The molecule has 2 aromatic rings. The van der Waals surface area contributed by atoms with Crippen molar-refractivity contribution in [2.75, 3.05) is 6.61 Å². The largest absolute Gasteiger partial charge is 0.466 e. The average molecular weight is 529 g/mol. The van der Waals surface area contributed by atoms with Gasteiger partial charge in [-0.25, -0.2) is 4.79 Å². The predicted molar refractivity (Wildman–Crippen MR) is 137 cm³/mol. The molecule has 0 radical (unpaired) electrons. The van der Waals surface area contributed by atoms with Crippen LogP contribution in [0.1, 0.15) is 44.2 Å². The van der Waals surface area contributed by atoms with Gasteiger partial charge in [0, 0.05) is 18.1 Å². The quantitative estimate of drug-likeness (QED) is 0.201. The number of alkyl carbamates (subject to hydrolysis) is 1. The van der Waals surface area contributed by atoms with Gasteiger partial charge in [0.2, 0.25) is 11.8 Å². The van der Waals surface area contributed by atoms with Crippen molar-refractivity contribution in [2.24, 2.45) is 11.7 Å². The third-order valence-corrected chi connectivity index (χ3v) is 5.67. The topological polar surface area (TPSA) is 180 Å². The van der Waals surface area contributed by atoms with E-state index in [1.807, 2.05) is 6.07 Å². The molecule has 3 atom stereocenters. The number of rotatable bonds is 13. The van der Waals surface area contributed by atoms with E-state index in [9.17, 15) is 29.3 Å². The van der Waals surface area contributed by atoms with E-state index in [1.165, 1.54) is 24.3 Å². The second-order valence-electron chi connectivity index (χ2n) is 8.78. The van der Waals surface area contributed by atoms with Gasteiger partial charge in [-0.1, -0.05) is 56.3 Å². The summed E-state index contributed by atoms with van der Waals surface area (Å²) in [7, 11) is 0. The molecule has 0 aliphatic rings. The normalized spacial score (nSPS) is 13.1. The molecule has 0 saturated heterocycles. The number of ether oxygens (including phenoxy) is 2. The van der Waals surface area contributed by atoms with Crippen LogP contribution in [0, 0.1) is 16.0 Å². The highest BCUT2D eigenvalue weighted by atomic mass is 16.6. The van der Waals surface area contributed by atoms with Gasteiger partial charge in [0.15, 0.2) is 0 Å². The standard InChI is InChI=1S/C26H32N4O8/c1-4-37-21(31)14-20(18-10-12-19(13-11-18)30(35)36)23(24(27)32)28-25(33)22(16(2)3)29-26(34)38-15-17-8-6-5-7-9-17/h5-13,16,20,22-23H,4,14-15H2,1-3H3,(H2,27,32)(H,28,33)(H,29,34)/t20-,22-,23+/m1/s1. The number of hydrogen-bond donors (Lipinski definition) is 3. The van der Waals surface area contributed by atoms with Crippen molar-refractivity contribution in [3.05, 3.63) is 75.8 Å². The van der Waals surface area contributed by atoms with E-state index in [0.717, 1.165) is 5.56 Å². The summed E-state index contributed by atoms with van der Waals surface area (Å²) in [6.07, 6.45) is -1.17. The van der Waals surface area contributed by atoms with Crippen LogP contribution in [0.2, 0.25) is 0 Å². The molecule has 0 bridgehead atoms. The molecular formula is C26H32N4O8. The second-order valence-corrected chi connectivity index (χ2v) is 8.78. The fourth-order valence-corrected chi connectivity index (χ4v) is 3.71. The molecule has 0 heterocycles. The number of carbonyl (C=O) groups is 4. The minimum atomic E-state index is -1.39. The number of primary amides is 1. The monoisotopic (exact) mass is 528 g/mol. The van der Waals surface area contributed by atoms with Crippen molar-refractivity contribution in [1.82, 2.24) is 10.6 Å². The number of benzene rings is 2. The summed E-state index contributed by atoms with van der Waals surface area (Å²) in [6, 6.07) is 11.7. The van der Waals surface area contributed by atoms with Crippen molar-refractivity contribution in [1.29, 1.82) is 0 Å². The molecule has 12 nitrogen and oxygen atoms in total. The van der Waals surface area contributed by atoms with E-state index in [0.29, 0.717) is 5.56 Å². The SMILES string of the molecule is CCOC(=O)C[C@H](c1ccc([N+](=O)[O-])cc1)[C@H](NC(=O)[C@H](NC(=O)OCc1ccccc1)C(C)C)C(N)=O. The molecule has 0 aromatic heterocycles. The van der Waals surface area contributed by atoms with E-state index in [1.54, 1.807) is 45.0 Å². The van der Waals surface area contributed by atoms with Crippen molar-refractivity contribution < 1.29 is 33.6 Å². The molecule has 0 aliphatic heterocycles. The van der Waals surface area contributed by atoms with Gasteiger partial charge in [-0.2, -0.15) is 0 Å². The summed E-state index contributed by atoms with van der Waals surface area (Å²) < 4.78 is 10.2. The number of amides is 3. The highest BCUT2D eigenvalue weighted by Gasteiger charge is 2.35. The zero-order valence-corrected chi connectivity index (χ0v) is 21.4. The first-order valence-corrected chi connectivity index (χ1v) is 12.0. The van der Waals surface area contributed by atoms with Crippen molar-refractivity contribution in [3.8, 4) is 0 Å². The molecule has 204 valence electrons. The van der Waals surface area contributed by atoms with Gasteiger partial charge >= 0.3 is 12.1 Å². The van der Waals surface area contributed by atoms with E-state index >= 15 is 0 Å². The van der Waals surface area contributed by atoms with E-state index in [2.05, 4.69) is 10.6 Å². The highest BCUT2D eigenvalue weighted by molar-refractivity contribution is 5.92. The molecule has 0 saturated carbocycles. The van der Waals surface area contributed by atoms with E-state index in [4.69, 9.17) is 15.2 Å². The minimum absolute atomic E-state index is 0.00915. The van der Waals surface area contributed by atoms with Gasteiger partial charge < -0.3 is 25.8 Å². The Balaban J connectivity index is 2.23. The molecule has 2 rings (SSSR count). The molecular weight excluding hydrogens is 496 g/mol. The maximum Gasteiger partial charge on any atom is 0.408 e. The zero-order chi connectivity index (χ0) is 28.2. The Bertz CT molecular complexity index is 1120. The first-order chi connectivity index (χ1) is 18.0. The zero-order valence-electron chi connectivity index (χ0n) is 21.4. The third kappa shape index (κ3) is 8.87. The third-order valence-electron chi connectivity index (χ3n) is 5.67. The number of nitro groups is 1. The van der Waals surface area contributed by atoms with Gasteiger partial charge in [0.05, 0.1) is 18.0 Å². The number of carbonyl (C=O) groups excluding carboxylic acids is 4. The molecule has 38 heavy (non-hydrogen) atoms. The Morgan fingerprint density at radius 1 is 0.947 bits per heavy atom. The number of nitrogens with two attached hydrogens (primary N) is 1. The summed E-state index contributed by atoms with van der Waals surface area (Å²) in [4.78, 5) is 60.8. The number of nitrogens with zero attached hydrogens (tertiary/aromatic N) is 1. The van der Waals surface area contributed by atoms with Crippen molar-refractivity contribution >= 4 is 29.6 Å². The predicted octanol–water partition coefficient (Wildman–Crippen LogP) is 2.55. The van der Waals surface area contributed by atoms with Gasteiger partial charge in [-0.05, 0) is 24.0 Å². The Hall–Kier alpha value is -4.48. The summed E-state index contributed by atoms with van der Waals surface area (Å²) in [5, 5.41) is 16.1.